The number of carboxylic acids is 1. The molecule has 0 aliphatic carbocycles. The number of carboxylic acid groups (broad SMARTS) is 1. The second-order valence-electron chi connectivity index (χ2n) is 4.50. The maximum absolute atomic E-state index is 11.7. The van der Waals surface area contributed by atoms with Gasteiger partial charge in [0.2, 0.25) is 5.91 Å². The Morgan fingerprint density at radius 3 is 2.38 bits per heavy atom. The van der Waals surface area contributed by atoms with Gasteiger partial charge in [-0.05, 0) is 12.1 Å². The lowest BCUT2D eigenvalue weighted by Gasteiger charge is -2.16. The molecule has 8 nitrogen and oxygen atoms in total. The lowest BCUT2D eigenvalue weighted by molar-refractivity contribution is -0.143. The van der Waals surface area contributed by atoms with Crippen molar-refractivity contribution < 1.29 is 24.3 Å². The molecule has 8 heteroatoms. The van der Waals surface area contributed by atoms with E-state index in [9.17, 15) is 19.2 Å². The first-order valence-corrected chi connectivity index (χ1v) is 6.17. The molecule has 3 N–H and O–H groups in total. The fourth-order valence-electron chi connectivity index (χ4n) is 1.86. The molecule has 3 amide bonds. The first-order chi connectivity index (χ1) is 9.97. The minimum Gasteiger partial charge on any atom is -0.481 e. The van der Waals surface area contributed by atoms with E-state index in [2.05, 4.69) is 10.7 Å². The summed E-state index contributed by atoms with van der Waals surface area (Å²) in [6.45, 7) is -0.154. The number of nitrogens with zero attached hydrogens (tertiary/aromatic N) is 1. The van der Waals surface area contributed by atoms with Crippen LogP contribution in [0, 0.1) is 5.92 Å². The van der Waals surface area contributed by atoms with Crippen LogP contribution in [0.25, 0.3) is 0 Å². The molecule has 2 rings (SSSR count). The van der Waals surface area contributed by atoms with Crippen LogP contribution in [0.1, 0.15) is 6.42 Å². The average Bonchev–Trinajstić information content (AvgIpc) is 2.81. The van der Waals surface area contributed by atoms with Gasteiger partial charge in [-0.25, -0.2) is 0 Å². The van der Waals surface area contributed by atoms with Crippen LogP contribution >= 0.6 is 0 Å². The SMILES string of the molecule is O=C(Nc1ccccc1)C(=O)NN1C[C@@H](C(=O)O)CC1=O. The van der Waals surface area contributed by atoms with Gasteiger partial charge in [-0.3, -0.25) is 29.6 Å². The van der Waals surface area contributed by atoms with Crippen LogP contribution in [0.5, 0.6) is 0 Å². The molecule has 0 spiro atoms. The van der Waals surface area contributed by atoms with Crippen LogP contribution in [0.15, 0.2) is 30.3 Å². The number of nitrogens with one attached hydrogen (secondary N) is 2. The third-order valence-corrected chi connectivity index (χ3v) is 2.95. The number of hydrogen-bond acceptors (Lipinski definition) is 4. The highest BCUT2D eigenvalue weighted by atomic mass is 16.4. The quantitative estimate of drug-likeness (QED) is 0.655. The fraction of sp³-hybridized carbons (Fsp3) is 0.231. The summed E-state index contributed by atoms with van der Waals surface area (Å²) in [5, 5.41) is 12.0. The summed E-state index contributed by atoms with van der Waals surface area (Å²) < 4.78 is 0. The average molecular weight is 291 g/mol. The Hall–Kier alpha value is -2.90. The van der Waals surface area contributed by atoms with Crippen molar-refractivity contribution in [2.24, 2.45) is 5.92 Å². The van der Waals surface area contributed by atoms with Gasteiger partial charge in [0.05, 0.1) is 12.5 Å². The molecule has 1 aromatic carbocycles. The van der Waals surface area contributed by atoms with Crippen LogP contribution in [0.2, 0.25) is 0 Å². The van der Waals surface area contributed by atoms with Gasteiger partial charge in [-0.15, -0.1) is 0 Å². The van der Waals surface area contributed by atoms with Crippen molar-refractivity contribution >= 4 is 29.4 Å². The van der Waals surface area contributed by atoms with E-state index in [1.807, 2.05) is 0 Å². The number of benzene rings is 1. The van der Waals surface area contributed by atoms with Crippen molar-refractivity contribution in [2.45, 2.75) is 6.42 Å². The number of aliphatic carboxylic acids is 1. The number of carbonyl (C=O) groups is 4. The molecule has 0 bridgehead atoms. The summed E-state index contributed by atoms with van der Waals surface area (Å²) in [6, 6.07) is 8.34. The molecule has 1 aliphatic heterocycles. The number of hydrogen-bond donors (Lipinski definition) is 3. The highest BCUT2D eigenvalue weighted by Gasteiger charge is 2.36. The van der Waals surface area contributed by atoms with Gasteiger partial charge in [-0.1, -0.05) is 18.2 Å². The monoisotopic (exact) mass is 291 g/mol. The van der Waals surface area contributed by atoms with E-state index in [4.69, 9.17) is 5.11 Å². The van der Waals surface area contributed by atoms with Crippen LogP contribution in [0.4, 0.5) is 5.69 Å². The standard InChI is InChI=1S/C13H13N3O5/c17-10-6-8(13(20)21)7-16(10)15-12(19)11(18)14-9-4-2-1-3-5-9/h1-5,8H,6-7H2,(H,14,18)(H,15,19)(H,20,21)/t8-/m0/s1. The highest BCUT2D eigenvalue weighted by Crippen LogP contribution is 2.15. The minimum absolute atomic E-state index is 0.154. The number of anilines is 1. The molecule has 0 saturated carbocycles. The molecule has 0 radical (unpaired) electrons. The van der Waals surface area contributed by atoms with Crippen molar-refractivity contribution in [3.8, 4) is 0 Å². The summed E-state index contributed by atoms with van der Waals surface area (Å²) in [5.41, 5.74) is 2.54. The summed E-state index contributed by atoms with van der Waals surface area (Å²) in [6.07, 6.45) is -0.198. The lowest BCUT2D eigenvalue weighted by atomic mass is 10.1. The van der Waals surface area contributed by atoms with Crippen molar-refractivity contribution in [2.75, 3.05) is 11.9 Å². The molecule has 1 aliphatic rings. The Morgan fingerprint density at radius 1 is 1.14 bits per heavy atom. The van der Waals surface area contributed by atoms with Gasteiger partial charge in [0.15, 0.2) is 0 Å². The third-order valence-electron chi connectivity index (χ3n) is 2.95. The normalized spacial score (nSPS) is 17.4. The highest BCUT2D eigenvalue weighted by molar-refractivity contribution is 6.39. The van der Waals surface area contributed by atoms with Crippen molar-refractivity contribution in [1.82, 2.24) is 10.4 Å². The van der Waals surface area contributed by atoms with E-state index >= 15 is 0 Å². The zero-order valence-electron chi connectivity index (χ0n) is 10.9. The third kappa shape index (κ3) is 3.56. The van der Waals surface area contributed by atoms with Crippen LogP contribution in [-0.4, -0.2) is 40.4 Å². The topological polar surface area (TPSA) is 116 Å². The van der Waals surface area contributed by atoms with Gasteiger partial charge >= 0.3 is 17.8 Å². The predicted molar refractivity (Wildman–Crippen MR) is 70.7 cm³/mol. The van der Waals surface area contributed by atoms with Gasteiger partial charge in [-0.2, -0.15) is 0 Å². The maximum atomic E-state index is 11.7. The zero-order chi connectivity index (χ0) is 15.4. The van der Waals surface area contributed by atoms with Crippen molar-refractivity contribution in [3.05, 3.63) is 30.3 Å². The Labute approximate surface area is 119 Å². The number of para-hydroxylation sites is 1. The largest absolute Gasteiger partial charge is 0.481 e. The molecule has 1 atom stereocenters. The number of carbonyl (C=O) groups excluding carboxylic acids is 3. The molecular formula is C13H13N3O5. The molecule has 1 heterocycles. The summed E-state index contributed by atoms with van der Waals surface area (Å²) in [4.78, 5) is 45.6. The number of amides is 3. The zero-order valence-corrected chi connectivity index (χ0v) is 10.9. The second-order valence-corrected chi connectivity index (χ2v) is 4.50. The van der Waals surface area contributed by atoms with Gasteiger partial charge in [0.1, 0.15) is 0 Å². The molecule has 1 fully saturated rings. The first kappa shape index (κ1) is 14.5. The Balaban J connectivity index is 1.91. The van der Waals surface area contributed by atoms with Gasteiger partial charge in [0.25, 0.3) is 0 Å². The molecular weight excluding hydrogens is 278 g/mol. The summed E-state index contributed by atoms with van der Waals surface area (Å²) in [7, 11) is 0. The molecule has 1 saturated heterocycles. The molecule has 110 valence electrons. The van der Waals surface area contributed by atoms with Crippen LogP contribution in [-0.2, 0) is 19.2 Å². The molecule has 21 heavy (non-hydrogen) atoms. The number of hydrazine groups is 1. The van der Waals surface area contributed by atoms with E-state index < -0.39 is 29.6 Å². The van der Waals surface area contributed by atoms with Gasteiger partial charge < -0.3 is 10.4 Å². The Kier molecular flexibility index (Phi) is 4.17. The van der Waals surface area contributed by atoms with E-state index in [-0.39, 0.29) is 13.0 Å². The Bertz CT molecular complexity index is 587. The minimum atomic E-state index is -1.12. The summed E-state index contributed by atoms with van der Waals surface area (Å²) >= 11 is 0. The maximum Gasteiger partial charge on any atom is 0.328 e. The molecule has 1 aromatic rings. The van der Waals surface area contributed by atoms with Crippen molar-refractivity contribution in [1.29, 1.82) is 0 Å². The summed E-state index contributed by atoms with van der Waals surface area (Å²) in [5.74, 6) is -4.50. The Morgan fingerprint density at radius 2 is 1.81 bits per heavy atom. The van der Waals surface area contributed by atoms with Crippen LogP contribution in [0.3, 0.4) is 0 Å². The van der Waals surface area contributed by atoms with Gasteiger partial charge in [0, 0.05) is 12.1 Å². The number of rotatable bonds is 3. The smallest absolute Gasteiger partial charge is 0.328 e. The van der Waals surface area contributed by atoms with E-state index in [0.717, 1.165) is 5.01 Å². The lowest BCUT2D eigenvalue weighted by Crippen LogP contribution is -2.47. The van der Waals surface area contributed by atoms with Crippen molar-refractivity contribution in [3.63, 3.8) is 0 Å². The van der Waals surface area contributed by atoms with Crippen LogP contribution < -0.4 is 10.7 Å². The molecule has 0 aromatic heterocycles. The first-order valence-electron chi connectivity index (χ1n) is 6.17. The van der Waals surface area contributed by atoms with E-state index in [1.54, 1.807) is 30.3 Å². The van der Waals surface area contributed by atoms with E-state index in [0.29, 0.717) is 5.69 Å². The second kappa shape index (κ2) is 6.04. The fourth-order valence-corrected chi connectivity index (χ4v) is 1.86. The molecule has 0 unspecified atom stereocenters. The predicted octanol–water partition coefficient (Wildman–Crippen LogP) is -0.411. The van der Waals surface area contributed by atoms with E-state index in [1.165, 1.54) is 0 Å².